The molecule has 0 spiro atoms. The molecule has 3 aromatic rings. The molecule has 0 radical (unpaired) electrons. The molecule has 0 saturated carbocycles. The number of quaternary nitrogens is 1. The van der Waals surface area contributed by atoms with Crippen LogP contribution < -0.4 is 32.2 Å². The summed E-state index contributed by atoms with van der Waals surface area (Å²) in [4.78, 5) is 53.3. The number of carbonyl (C=O) groups excluding carboxylic acids is 3. The van der Waals surface area contributed by atoms with Gasteiger partial charge >= 0.3 is 5.96 Å². The number of hydrogen-bond acceptors (Lipinski definition) is 6. The molecule has 216 valence electrons. The number of fused-ring (bicyclic) bond motifs is 1. The van der Waals surface area contributed by atoms with Crippen molar-refractivity contribution in [1.82, 2.24) is 20.2 Å². The molecule has 0 bridgehead atoms. The monoisotopic (exact) mass is 561 g/mol. The molecule has 2 aromatic carbocycles. The number of likely N-dealkylation sites (tertiary alicyclic amines) is 1. The Morgan fingerprint density at radius 1 is 1.12 bits per heavy atom. The number of aromatic nitrogens is 2. The van der Waals surface area contributed by atoms with E-state index in [9.17, 15) is 19.5 Å². The van der Waals surface area contributed by atoms with Gasteiger partial charge < -0.3 is 20.6 Å². The summed E-state index contributed by atoms with van der Waals surface area (Å²) in [6.07, 6.45) is 2.34. The van der Waals surface area contributed by atoms with E-state index in [2.05, 4.69) is 20.3 Å². The Kier molecular flexibility index (Phi) is 9.80. The molecule has 4 rings (SSSR count). The molecule has 2 heterocycles. The second-order valence-corrected chi connectivity index (χ2v) is 10.1. The van der Waals surface area contributed by atoms with Crippen molar-refractivity contribution in [3.8, 4) is 5.88 Å². The van der Waals surface area contributed by atoms with Crippen molar-refractivity contribution in [1.29, 1.82) is 0 Å². The minimum atomic E-state index is -1.01. The Hall–Kier alpha value is -4.58. The van der Waals surface area contributed by atoms with Crippen LogP contribution in [0.1, 0.15) is 41.9 Å². The van der Waals surface area contributed by atoms with E-state index in [0.717, 1.165) is 5.56 Å². The third-order valence-corrected chi connectivity index (χ3v) is 7.28. The van der Waals surface area contributed by atoms with Crippen LogP contribution in [0.4, 0.5) is 0 Å². The van der Waals surface area contributed by atoms with Gasteiger partial charge in [0.1, 0.15) is 6.04 Å². The Balaban J connectivity index is 1.52. The third-order valence-electron chi connectivity index (χ3n) is 7.28. The Morgan fingerprint density at radius 3 is 2.59 bits per heavy atom. The highest BCUT2D eigenvalue weighted by atomic mass is 16.3. The zero-order valence-electron chi connectivity index (χ0n) is 23.1. The average Bonchev–Trinajstić information content (AvgIpc) is 3.47. The summed E-state index contributed by atoms with van der Waals surface area (Å²) < 4.78 is 0. The number of ketones is 1. The number of likely N-dealkylation sites (N-methyl/N-ethyl adjacent to an activating group) is 1. The number of hydrogen-bond donors (Lipinski definition) is 5. The summed E-state index contributed by atoms with van der Waals surface area (Å²) in [5, 5.41) is 17.6. The van der Waals surface area contributed by atoms with Crippen molar-refractivity contribution in [2.24, 2.45) is 11.5 Å². The summed E-state index contributed by atoms with van der Waals surface area (Å²) in [7, 11) is 1.85. The lowest BCUT2D eigenvalue weighted by molar-refractivity contribution is -0.650. The van der Waals surface area contributed by atoms with Crippen LogP contribution in [0.5, 0.6) is 5.88 Å². The van der Waals surface area contributed by atoms with E-state index in [4.69, 9.17) is 11.5 Å². The lowest BCUT2D eigenvalue weighted by Gasteiger charge is -2.28. The molecule has 0 aliphatic carbocycles. The smallest absolute Gasteiger partial charge is 0.338 e. The number of para-hydroxylation sites is 1. The molecular formula is C29H37N8O4+. The van der Waals surface area contributed by atoms with Crippen LogP contribution in [0.25, 0.3) is 10.9 Å². The number of Topliss-reactive ketones (excluding diaryl/α,β-unsaturated/α-hetero) is 1. The maximum atomic E-state index is 13.6. The SMILES string of the molecule is C[NH2+]C(Cc1ccccc1)C(=O)N1CCCC1C(=O)NC(CCC[NH+]=C(N)N)C(=O)c1nc([O-])c2ccccc2n1. The number of rotatable bonds is 12. The van der Waals surface area contributed by atoms with E-state index in [-0.39, 0.29) is 30.2 Å². The number of amides is 2. The minimum absolute atomic E-state index is 0.0451. The van der Waals surface area contributed by atoms with E-state index >= 15 is 0 Å². The highest BCUT2D eigenvalue weighted by Crippen LogP contribution is 2.21. The summed E-state index contributed by atoms with van der Waals surface area (Å²) in [6.45, 7) is 0.826. The van der Waals surface area contributed by atoms with E-state index in [1.54, 1.807) is 29.2 Å². The van der Waals surface area contributed by atoms with Gasteiger partial charge in [0.2, 0.25) is 11.7 Å². The van der Waals surface area contributed by atoms with Crippen LogP contribution in [0.15, 0.2) is 54.6 Å². The normalized spacial score (nSPS) is 16.2. The molecular weight excluding hydrogens is 524 g/mol. The largest absolute Gasteiger partial charge is 0.858 e. The average molecular weight is 562 g/mol. The molecule has 2 amide bonds. The standard InChI is InChI=1S/C29H36N8O4/c1-32-22(17-18-9-3-2-4-10-18)28(41)37-16-8-14-23(37)27(40)35-21(13-7-15-33-29(30)31)24(38)25-34-20-12-6-5-11-19(20)26(39)36-25/h2-6,9-12,21-23,32H,7-8,13-17H2,1H3,(H,35,40)(H4,30,31,33)(H,34,36,39)/p+1. The van der Waals surface area contributed by atoms with Crippen molar-refractivity contribution in [2.75, 3.05) is 20.1 Å². The van der Waals surface area contributed by atoms with Crippen molar-refractivity contribution >= 4 is 34.5 Å². The van der Waals surface area contributed by atoms with Gasteiger partial charge in [0.25, 0.3) is 5.91 Å². The molecule has 1 aliphatic rings. The molecule has 1 saturated heterocycles. The van der Waals surface area contributed by atoms with E-state index < -0.39 is 29.7 Å². The summed E-state index contributed by atoms with van der Waals surface area (Å²) in [5.41, 5.74) is 12.3. The van der Waals surface area contributed by atoms with Gasteiger partial charge in [-0.05, 0) is 43.2 Å². The molecule has 8 N–H and O–H groups in total. The van der Waals surface area contributed by atoms with Gasteiger partial charge in [0.05, 0.1) is 25.2 Å². The van der Waals surface area contributed by atoms with Crippen LogP contribution in [-0.2, 0) is 16.0 Å². The molecule has 1 aliphatic heterocycles. The van der Waals surface area contributed by atoms with E-state index in [1.165, 1.54) is 0 Å². The van der Waals surface area contributed by atoms with Gasteiger partial charge in [-0.3, -0.25) is 30.8 Å². The quantitative estimate of drug-likeness (QED) is 0.0681. The summed E-state index contributed by atoms with van der Waals surface area (Å²) >= 11 is 0. The predicted molar refractivity (Wildman–Crippen MR) is 150 cm³/mol. The van der Waals surface area contributed by atoms with Gasteiger partial charge in [0, 0.05) is 18.4 Å². The van der Waals surface area contributed by atoms with Crippen molar-refractivity contribution in [2.45, 2.75) is 50.2 Å². The summed E-state index contributed by atoms with van der Waals surface area (Å²) in [6, 6.07) is 14.3. The molecule has 12 nitrogen and oxygen atoms in total. The van der Waals surface area contributed by atoms with Gasteiger partial charge in [-0.15, -0.1) is 0 Å². The van der Waals surface area contributed by atoms with Gasteiger partial charge in [-0.1, -0.05) is 48.5 Å². The molecule has 1 aromatic heterocycles. The Labute approximate surface area is 238 Å². The number of nitrogens with one attached hydrogen (secondary N) is 2. The van der Waals surface area contributed by atoms with Crippen LogP contribution in [0.2, 0.25) is 0 Å². The first-order valence-electron chi connectivity index (χ1n) is 13.8. The molecule has 3 atom stereocenters. The summed E-state index contributed by atoms with van der Waals surface area (Å²) in [5.74, 6) is -1.91. The fraction of sp³-hybridized carbons (Fsp3) is 0.379. The van der Waals surface area contributed by atoms with Crippen LogP contribution >= 0.6 is 0 Å². The van der Waals surface area contributed by atoms with Crippen LogP contribution in [0, 0.1) is 0 Å². The fourth-order valence-electron chi connectivity index (χ4n) is 5.12. The molecule has 41 heavy (non-hydrogen) atoms. The first kappa shape index (κ1) is 29.4. The van der Waals surface area contributed by atoms with Gasteiger partial charge in [-0.25, -0.2) is 9.97 Å². The third kappa shape index (κ3) is 7.34. The maximum Gasteiger partial charge on any atom is 0.338 e. The topological polar surface area (TPSA) is 198 Å². The Bertz CT molecular complexity index is 1410. The van der Waals surface area contributed by atoms with E-state index in [0.29, 0.717) is 49.7 Å². The number of nitrogens with two attached hydrogens (primary N) is 3. The number of nitrogens with zero attached hydrogens (tertiary/aromatic N) is 3. The van der Waals surface area contributed by atoms with Crippen molar-refractivity contribution in [3.05, 3.63) is 66.0 Å². The van der Waals surface area contributed by atoms with Crippen molar-refractivity contribution < 1.29 is 29.8 Å². The second-order valence-electron chi connectivity index (χ2n) is 10.1. The van der Waals surface area contributed by atoms with E-state index in [1.807, 2.05) is 42.7 Å². The fourth-order valence-corrected chi connectivity index (χ4v) is 5.12. The number of guanidine groups is 1. The maximum absolute atomic E-state index is 13.6. The molecule has 12 heteroatoms. The number of benzene rings is 2. The first-order chi connectivity index (χ1) is 19.8. The lowest BCUT2D eigenvalue weighted by atomic mass is 10.0. The number of carbonyl (C=O) groups is 3. The van der Waals surface area contributed by atoms with Crippen LogP contribution in [-0.4, -0.2) is 76.7 Å². The lowest BCUT2D eigenvalue weighted by Crippen LogP contribution is -2.90. The van der Waals surface area contributed by atoms with Crippen molar-refractivity contribution in [3.63, 3.8) is 0 Å². The van der Waals surface area contributed by atoms with Gasteiger partial charge in [-0.2, -0.15) is 0 Å². The molecule has 1 fully saturated rings. The Morgan fingerprint density at radius 2 is 1.85 bits per heavy atom. The highest BCUT2D eigenvalue weighted by Gasteiger charge is 2.39. The second kappa shape index (κ2) is 13.7. The zero-order chi connectivity index (χ0) is 29.4. The van der Waals surface area contributed by atoms with Crippen LogP contribution in [0.3, 0.4) is 0 Å². The zero-order valence-corrected chi connectivity index (χ0v) is 23.1. The van der Waals surface area contributed by atoms with Gasteiger partial charge in [0.15, 0.2) is 11.9 Å². The highest BCUT2D eigenvalue weighted by molar-refractivity contribution is 6.01. The predicted octanol–water partition coefficient (Wildman–Crippen LogP) is -2.70. The molecule has 3 unspecified atom stereocenters. The first-order valence-corrected chi connectivity index (χ1v) is 13.8. The minimum Gasteiger partial charge on any atom is -0.858 e.